The molecule has 0 bridgehead atoms. The molecule has 3 N–H and O–H groups in total. The molecule has 0 aromatic heterocycles. The number of nitrogens with one attached hydrogen (secondary N) is 1. The molecular weight excluding hydrogens is 353 g/mol. The van der Waals surface area contributed by atoms with Crippen LogP contribution in [-0.4, -0.2) is 18.8 Å². The predicted octanol–water partition coefficient (Wildman–Crippen LogP) is 3.66. The molecule has 4 nitrogen and oxygen atoms in total. The van der Waals surface area contributed by atoms with Crippen molar-refractivity contribution in [2.75, 3.05) is 11.9 Å². The highest BCUT2D eigenvalue weighted by atomic mass is 79.9. The van der Waals surface area contributed by atoms with Crippen molar-refractivity contribution in [2.45, 2.75) is 26.6 Å². The highest BCUT2D eigenvalue weighted by Crippen LogP contribution is 2.33. The molecule has 0 heterocycles. The second kappa shape index (κ2) is 6.65. The molecule has 0 aliphatic rings. The largest absolute Gasteiger partial charge is 0.573 e. The van der Waals surface area contributed by atoms with Crippen LogP contribution < -0.4 is 15.8 Å². The van der Waals surface area contributed by atoms with Gasteiger partial charge in [0.1, 0.15) is 5.75 Å². The van der Waals surface area contributed by atoms with Crippen molar-refractivity contribution in [1.29, 1.82) is 0 Å². The van der Waals surface area contributed by atoms with Gasteiger partial charge < -0.3 is 15.8 Å². The number of rotatable bonds is 5. The van der Waals surface area contributed by atoms with Crippen LogP contribution in [0.25, 0.3) is 0 Å². The summed E-state index contributed by atoms with van der Waals surface area (Å²) in [5.41, 5.74) is 5.21. The predicted molar refractivity (Wildman–Crippen MR) is 76.9 cm³/mol. The van der Waals surface area contributed by atoms with Crippen LogP contribution in [0, 0.1) is 5.41 Å². The molecule has 0 aliphatic carbocycles. The second-order valence-corrected chi connectivity index (χ2v) is 5.62. The van der Waals surface area contributed by atoms with Crippen LogP contribution in [0.5, 0.6) is 5.75 Å². The average Bonchev–Trinajstić information content (AvgIpc) is 2.39. The van der Waals surface area contributed by atoms with Gasteiger partial charge in [0.05, 0.1) is 9.89 Å². The highest BCUT2D eigenvalue weighted by Gasteiger charge is 2.32. The van der Waals surface area contributed by atoms with Crippen molar-refractivity contribution in [1.82, 2.24) is 0 Å². The van der Waals surface area contributed by atoms with Crippen LogP contribution in [0.3, 0.4) is 0 Å². The van der Waals surface area contributed by atoms with Crippen molar-refractivity contribution in [3.8, 4) is 5.75 Å². The fourth-order valence-electron chi connectivity index (χ4n) is 1.47. The van der Waals surface area contributed by atoms with E-state index in [9.17, 15) is 18.0 Å². The maximum absolute atomic E-state index is 12.2. The Hall–Kier alpha value is -1.28. The Kier molecular flexibility index (Phi) is 5.63. The number of carbonyl (C=O) groups is 1. The smallest absolute Gasteiger partial charge is 0.405 e. The number of alkyl halides is 3. The summed E-state index contributed by atoms with van der Waals surface area (Å²) in [5.74, 6) is -0.665. The van der Waals surface area contributed by atoms with Crippen LogP contribution in [0.2, 0.25) is 0 Å². The van der Waals surface area contributed by atoms with Gasteiger partial charge in [0.25, 0.3) is 0 Å². The normalized spacial score (nSPS) is 14.4. The van der Waals surface area contributed by atoms with Crippen LogP contribution in [0.15, 0.2) is 22.7 Å². The van der Waals surface area contributed by atoms with Gasteiger partial charge in [0.2, 0.25) is 5.91 Å². The lowest BCUT2D eigenvalue weighted by Crippen LogP contribution is -2.39. The van der Waals surface area contributed by atoms with Gasteiger partial charge in [-0.05, 0) is 47.5 Å². The summed E-state index contributed by atoms with van der Waals surface area (Å²) in [5, 5.41) is 2.63. The zero-order valence-corrected chi connectivity index (χ0v) is 13.1. The number of hydrogen-bond acceptors (Lipinski definition) is 3. The third-order valence-electron chi connectivity index (χ3n) is 3.19. The topological polar surface area (TPSA) is 64.4 Å². The van der Waals surface area contributed by atoms with Crippen LogP contribution >= 0.6 is 15.9 Å². The highest BCUT2D eigenvalue weighted by molar-refractivity contribution is 9.10. The molecule has 8 heteroatoms. The molecule has 0 fully saturated rings. The number of halogens is 4. The van der Waals surface area contributed by atoms with E-state index in [2.05, 4.69) is 26.0 Å². The first-order valence-corrected chi connectivity index (χ1v) is 6.97. The molecule has 0 spiro atoms. The summed E-state index contributed by atoms with van der Waals surface area (Å²) in [7, 11) is 0. The van der Waals surface area contributed by atoms with Gasteiger partial charge in [-0.15, -0.1) is 13.2 Å². The van der Waals surface area contributed by atoms with E-state index >= 15 is 0 Å². The summed E-state index contributed by atoms with van der Waals surface area (Å²) >= 11 is 2.97. The van der Waals surface area contributed by atoms with E-state index in [0.717, 1.165) is 6.07 Å². The van der Waals surface area contributed by atoms with Crippen LogP contribution in [0.4, 0.5) is 18.9 Å². The number of hydrogen-bond donors (Lipinski definition) is 2. The molecular formula is C13H16BrF3N2O2. The summed E-state index contributed by atoms with van der Waals surface area (Å²) < 4.78 is 40.4. The van der Waals surface area contributed by atoms with E-state index in [1.807, 2.05) is 6.92 Å². The molecule has 1 rings (SSSR count). The number of ether oxygens (including phenoxy) is 1. The second-order valence-electron chi connectivity index (χ2n) is 4.77. The number of anilines is 1. The fourth-order valence-corrected chi connectivity index (χ4v) is 1.93. The van der Waals surface area contributed by atoms with Gasteiger partial charge in [0, 0.05) is 12.2 Å². The third kappa shape index (κ3) is 4.89. The van der Waals surface area contributed by atoms with Gasteiger partial charge in [-0.3, -0.25) is 4.79 Å². The Morgan fingerprint density at radius 3 is 2.48 bits per heavy atom. The van der Waals surface area contributed by atoms with Gasteiger partial charge >= 0.3 is 6.36 Å². The van der Waals surface area contributed by atoms with Gasteiger partial charge in [0.15, 0.2) is 0 Å². The monoisotopic (exact) mass is 368 g/mol. The van der Waals surface area contributed by atoms with Crippen LogP contribution in [0.1, 0.15) is 20.3 Å². The molecule has 1 unspecified atom stereocenters. The summed E-state index contributed by atoms with van der Waals surface area (Å²) in [6.07, 6.45) is -4.22. The minimum Gasteiger partial charge on any atom is -0.405 e. The molecule has 1 aromatic rings. The zero-order chi connectivity index (χ0) is 16.3. The molecule has 0 aliphatic heterocycles. The van der Waals surface area contributed by atoms with Crippen molar-refractivity contribution in [3.05, 3.63) is 22.7 Å². The molecule has 0 radical (unpaired) electrons. The molecule has 1 aromatic carbocycles. The van der Waals surface area contributed by atoms with E-state index in [4.69, 9.17) is 5.73 Å². The Morgan fingerprint density at radius 2 is 2.05 bits per heavy atom. The molecule has 21 heavy (non-hydrogen) atoms. The van der Waals surface area contributed by atoms with Crippen LogP contribution in [-0.2, 0) is 4.79 Å². The summed E-state index contributed by atoms with van der Waals surface area (Å²) in [6.45, 7) is 3.73. The minimum atomic E-state index is -4.77. The number of amides is 1. The lowest BCUT2D eigenvalue weighted by atomic mass is 9.86. The first kappa shape index (κ1) is 17.8. The Bertz CT molecular complexity index is 517. The standard InChI is InChI=1S/C13H16BrF3N2O2/c1-3-12(2,7-18)11(20)19-8-4-5-10(9(14)6-8)21-13(15,16)17/h4-6H,3,7,18H2,1-2H3,(H,19,20). The lowest BCUT2D eigenvalue weighted by molar-refractivity contribution is -0.274. The first-order chi connectivity index (χ1) is 9.61. The number of benzene rings is 1. The van der Waals surface area contributed by atoms with Crippen molar-refractivity contribution < 1.29 is 22.7 Å². The minimum absolute atomic E-state index is 0.0866. The van der Waals surface area contributed by atoms with Gasteiger partial charge in [-0.25, -0.2) is 0 Å². The van der Waals surface area contributed by atoms with E-state index in [0.29, 0.717) is 12.1 Å². The molecule has 0 saturated heterocycles. The van der Waals surface area contributed by atoms with E-state index < -0.39 is 11.8 Å². The zero-order valence-electron chi connectivity index (χ0n) is 11.6. The summed E-state index contributed by atoms with van der Waals surface area (Å²) in [6, 6.07) is 3.79. The first-order valence-electron chi connectivity index (χ1n) is 6.18. The Balaban J connectivity index is 2.88. The molecule has 1 atom stereocenters. The maximum Gasteiger partial charge on any atom is 0.573 e. The fraction of sp³-hybridized carbons (Fsp3) is 0.462. The van der Waals surface area contributed by atoms with E-state index in [1.165, 1.54) is 12.1 Å². The van der Waals surface area contributed by atoms with Crippen molar-refractivity contribution in [3.63, 3.8) is 0 Å². The SMILES string of the molecule is CCC(C)(CN)C(=O)Nc1ccc(OC(F)(F)F)c(Br)c1. The quantitative estimate of drug-likeness (QED) is 0.833. The third-order valence-corrected chi connectivity index (χ3v) is 3.81. The van der Waals surface area contributed by atoms with Crippen molar-refractivity contribution >= 4 is 27.5 Å². The molecule has 1 amide bonds. The lowest BCUT2D eigenvalue weighted by Gasteiger charge is -2.25. The average molecular weight is 369 g/mol. The number of nitrogens with two attached hydrogens (primary N) is 1. The number of carbonyl (C=O) groups excluding carboxylic acids is 1. The Labute approximate surface area is 129 Å². The van der Waals surface area contributed by atoms with Crippen molar-refractivity contribution in [2.24, 2.45) is 11.1 Å². The maximum atomic E-state index is 12.2. The molecule has 0 saturated carbocycles. The van der Waals surface area contributed by atoms with E-state index in [-0.39, 0.29) is 22.7 Å². The van der Waals surface area contributed by atoms with Gasteiger partial charge in [-0.2, -0.15) is 0 Å². The summed E-state index contributed by atoms with van der Waals surface area (Å²) in [4.78, 5) is 12.1. The Morgan fingerprint density at radius 1 is 1.43 bits per heavy atom. The van der Waals surface area contributed by atoms with Gasteiger partial charge in [-0.1, -0.05) is 6.92 Å². The molecule has 118 valence electrons. The van der Waals surface area contributed by atoms with E-state index in [1.54, 1.807) is 6.92 Å².